The van der Waals surface area contributed by atoms with Gasteiger partial charge in [-0.3, -0.25) is 4.79 Å². The first-order chi connectivity index (χ1) is 15.3. The van der Waals surface area contributed by atoms with E-state index in [9.17, 15) is 13.2 Å². The van der Waals surface area contributed by atoms with Crippen LogP contribution in [0.25, 0.3) is 0 Å². The molecule has 0 unspecified atom stereocenters. The zero-order chi connectivity index (χ0) is 23.6. The van der Waals surface area contributed by atoms with Crippen molar-refractivity contribution in [2.45, 2.75) is 26.5 Å². The second-order valence-electron chi connectivity index (χ2n) is 6.65. The lowest BCUT2D eigenvalue weighted by Gasteiger charge is -2.17. The molecule has 0 aliphatic rings. The molecule has 0 bridgehead atoms. The number of hydrogen-bond donors (Lipinski definition) is 2. The molecule has 0 heterocycles. The zero-order valence-corrected chi connectivity index (χ0v) is 19.5. The van der Waals surface area contributed by atoms with Gasteiger partial charge in [-0.1, -0.05) is 18.2 Å². The molecule has 0 atom stereocenters. The minimum atomic E-state index is -3.45. The van der Waals surface area contributed by atoms with Crippen molar-refractivity contribution in [3.8, 4) is 17.2 Å². The number of hydrogen-bond acceptors (Lipinski definition) is 6. The highest BCUT2D eigenvalue weighted by Gasteiger charge is 2.18. The van der Waals surface area contributed by atoms with E-state index >= 15 is 0 Å². The molecule has 0 aliphatic carbocycles. The van der Waals surface area contributed by atoms with E-state index in [2.05, 4.69) is 16.6 Å². The van der Waals surface area contributed by atoms with Crippen molar-refractivity contribution < 1.29 is 27.4 Å². The van der Waals surface area contributed by atoms with E-state index in [1.165, 1.54) is 6.08 Å². The molecule has 2 aromatic rings. The highest BCUT2D eigenvalue weighted by atomic mass is 32.2. The average Bonchev–Trinajstić information content (AvgIpc) is 2.76. The monoisotopic (exact) mass is 462 g/mol. The van der Waals surface area contributed by atoms with Gasteiger partial charge in [0.05, 0.1) is 25.6 Å². The van der Waals surface area contributed by atoms with Crippen LogP contribution in [0.3, 0.4) is 0 Å². The third-order valence-corrected chi connectivity index (χ3v) is 5.51. The van der Waals surface area contributed by atoms with E-state index in [1.807, 2.05) is 20.8 Å². The van der Waals surface area contributed by atoms with Crippen molar-refractivity contribution in [2.24, 2.45) is 0 Å². The van der Waals surface area contributed by atoms with Gasteiger partial charge in [-0.05, 0) is 50.6 Å². The molecule has 174 valence electrons. The maximum Gasteiger partial charge on any atom is 0.255 e. The van der Waals surface area contributed by atoms with Crippen LogP contribution in [0.4, 0.5) is 5.69 Å². The Balaban J connectivity index is 2.20. The molecule has 0 radical (unpaired) electrons. The Morgan fingerprint density at radius 3 is 2.03 bits per heavy atom. The summed E-state index contributed by atoms with van der Waals surface area (Å²) < 4.78 is 43.4. The van der Waals surface area contributed by atoms with Gasteiger partial charge in [-0.15, -0.1) is 6.58 Å². The van der Waals surface area contributed by atoms with Crippen LogP contribution in [-0.4, -0.2) is 40.7 Å². The van der Waals surface area contributed by atoms with E-state index in [4.69, 9.17) is 14.2 Å². The number of sulfonamides is 1. The number of carbonyl (C=O) groups excluding carboxylic acids is 1. The number of ether oxygens (including phenoxy) is 3. The van der Waals surface area contributed by atoms with Gasteiger partial charge in [0.15, 0.2) is 11.5 Å². The normalized spacial score (nSPS) is 11.0. The van der Waals surface area contributed by atoms with Gasteiger partial charge < -0.3 is 19.5 Å². The molecule has 8 nitrogen and oxygen atoms in total. The van der Waals surface area contributed by atoms with Gasteiger partial charge in [0.25, 0.3) is 5.91 Å². The van der Waals surface area contributed by atoms with Crippen molar-refractivity contribution in [1.29, 1.82) is 0 Å². The third kappa shape index (κ3) is 7.28. The Morgan fingerprint density at radius 2 is 1.53 bits per heavy atom. The lowest BCUT2D eigenvalue weighted by Crippen LogP contribution is -2.25. The molecule has 9 heteroatoms. The Hall–Kier alpha value is -3.04. The molecule has 0 saturated heterocycles. The predicted molar refractivity (Wildman–Crippen MR) is 125 cm³/mol. The van der Waals surface area contributed by atoms with Crippen molar-refractivity contribution in [1.82, 2.24) is 4.72 Å². The van der Waals surface area contributed by atoms with Crippen molar-refractivity contribution in [3.05, 3.63) is 60.2 Å². The number of benzene rings is 2. The highest BCUT2D eigenvalue weighted by molar-refractivity contribution is 7.88. The fourth-order valence-electron chi connectivity index (χ4n) is 2.86. The molecule has 0 aliphatic heterocycles. The molecule has 0 aromatic heterocycles. The summed E-state index contributed by atoms with van der Waals surface area (Å²) in [6.45, 7) is 10.4. The summed E-state index contributed by atoms with van der Waals surface area (Å²) >= 11 is 0. The fourth-order valence-corrected chi connectivity index (χ4v) is 3.97. The Bertz CT molecular complexity index is 992. The summed E-state index contributed by atoms with van der Waals surface area (Å²) in [4.78, 5) is 12.8. The van der Waals surface area contributed by atoms with Gasteiger partial charge >= 0.3 is 0 Å². The number of rotatable bonds is 13. The fraction of sp³-hybridized carbons (Fsp3) is 0.348. The summed E-state index contributed by atoms with van der Waals surface area (Å²) in [7, 11) is -3.45. The van der Waals surface area contributed by atoms with Gasteiger partial charge in [0, 0.05) is 17.8 Å². The van der Waals surface area contributed by atoms with E-state index in [0.29, 0.717) is 53.9 Å². The van der Waals surface area contributed by atoms with Crippen LogP contribution in [-0.2, 0) is 15.8 Å². The summed E-state index contributed by atoms with van der Waals surface area (Å²) in [5.74, 6) is 0.797. The highest BCUT2D eigenvalue weighted by Crippen LogP contribution is 2.39. The smallest absolute Gasteiger partial charge is 0.255 e. The maximum atomic E-state index is 12.8. The van der Waals surface area contributed by atoms with Crippen LogP contribution in [0.1, 0.15) is 36.7 Å². The average molecular weight is 463 g/mol. The van der Waals surface area contributed by atoms with Crippen molar-refractivity contribution >= 4 is 21.6 Å². The molecule has 2 N–H and O–H groups in total. The SMILES string of the molecule is C=CCNS(=O)(=O)Cc1ccc(NC(=O)c2cc(OCC)c(OCC)c(OCC)c2)cc1. The number of carbonyl (C=O) groups is 1. The molecule has 32 heavy (non-hydrogen) atoms. The number of nitrogens with one attached hydrogen (secondary N) is 2. The number of anilines is 1. The van der Waals surface area contributed by atoms with Crippen LogP contribution >= 0.6 is 0 Å². The quantitative estimate of drug-likeness (QED) is 0.440. The van der Waals surface area contributed by atoms with Gasteiger partial charge in [-0.2, -0.15) is 0 Å². The predicted octanol–water partition coefficient (Wildman–Crippen LogP) is 3.74. The van der Waals surface area contributed by atoms with Crippen LogP contribution in [0.5, 0.6) is 17.2 Å². The summed E-state index contributed by atoms with van der Waals surface area (Å²) in [6.07, 6.45) is 1.48. The van der Waals surface area contributed by atoms with Crippen LogP contribution < -0.4 is 24.2 Å². The first-order valence-corrected chi connectivity index (χ1v) is 12.0. The first-order valence-electron chi connectivity index (χ1n) is 10.4. The van der Waals surface area contributed by atoms with Gasteiger partial charge in [0.1, 0.15) is 0 Å². The molecule has 1 amide bonds. The summed E-state index contributed by atoms with van der Waals surface area (Å²) in [5.41, 5.74) is 1.47. The maximum absolute atomic E-state index is 12.8. The van der Waals surface area contributed by atoms with Crippen molar-refractivity contribution in [3.63, 3.8) is 0 Å². The van der Waals surface area contributed by atoms with Crippen LogP contribution in [0.2, 0.25) is 0 Å². The molecular formula is C23H30N2O6S. The lowest BCUT2D eigenvalue weighted by molar-refractivity contribution is 0.102. The minimum Gasteiger partial charge on any atom is -0.490 e. The lowest BCUT2D eigenvalue weighted by atomic mass is 10.1. The van der Waals surface area contributed by atoms with Crippen LogP contribution in [0, 0.1) is 0 Å². The summed E-state index contributed by atoms with van der Waals surface area (Å²) in [6, 6.07) is 9.82. The number of amides is 1. The van der Waals surface area contributed by atoms with E-state index in [1.54, 1.807) is 36.4 Å². The van der Waals surface area contributed by atoms with Gasteiger partial charge in [0.2, 0.25) is 15.8 Å². The Morgan fingerprint density at radius 1 is 0.969 bits per heavy atom. The second-order valence-corrected chi connectivity index (χ2v) is 8.45. The van der Waals surface area contributed by atoms with E-state index in [0.717, 1.165) is 0 Å². The molecular weight excluding hydrogens is 432 g/mol. The standard InChI is InChI=1S/C23H30N2O6S/c1-5-13-24-32(27,28)16-17-9-11-19(12-10-17)25-23(26)18-14-20(29-6-2)22(31-8-4)21(15-18)30-7-3/h5,9-12,14-15,24H,1,6-8,13,16H2,2-4H3,(H,25,26). The van der Waals surface area contributed by atoms with Crippen molar-refractivity contribution in [2.75, 3.05) is 31.7 Å². The second kappa shape index (κ2) is 12.1. The topological polar surface area (TPSA) is 103 Å². The first kappa shape index (κ1) is 25.2. The molecule has 0 saturated carbocycles. The zero-order valence-electron chi connectivity index (χ0n) is 18.6. The van der Waals surface area contributed by atoms with E-state index in [-0.39, 0.29) is 18.2 Å². The molecule has 0 fully saturated rings. The van der Waals surface area contributed by atoms with Gasteiger partial charge in [-0.25, -0.2) is 13.1 Å². The molecule has 2 aromatic carbocycles. The molecule has 2 rings (SSSR count). The Kier molecular flexibility index (Phi) is 9.55. The largest absolute Gasteiger partial charge is 0.490 e. The minimum absolute atomic E-state index is 0.163. The van der Waals surface area contributed by atoms with E-state index < -0.39 is 10.0 Å². The summed E-state index contributed by atoms with van der Waals surface area (Å²) in [5, 5.41) is 2.80. The third-order valence-electron chi connectivity index (χ3n) is 4.19. The Labute approximate surface area is 189 Å². The molecule has 0 spiro atoms. The van der Waals surface area contributed by atoms with Crippen LogP contribution in [0.15, 0.2) is 49.1 Å².